The fourth-order valence-corrected chi connectivity index (χ4v) is 2.25. The van der Waals surface area contributed by atoms with Gasteiger partial charge in [-0.25, -0.2) is 0 Å². The Balaban J connectivity index is 2.29. The first-order valence-corrected chi connectivity index (χ1v) is 6.92. The maximum absolute atomic E-state index is 11.0. The van der Waals surface area contributed by atoms with Crippen LogP contribution < -0.4 is 10.6 Å². The van der Waals surface area contributed by atoms with Crippen LogP contribution in [-0.4, -0.2) is 12.0 Å². The average Bonchev–Trinajstić information content (AvgIpc) is 2.53. The van der Waals surface area contributed by atoms with Crippen molar-refractivity contribution in [2.75, 3.05) is 17.7 Å². The SMILES string of the molecule is CCC(Nc1cc(NC)cc([N+](=O)[O-])c1)c1ccccc1. The van der Waals surface area contributed by atoms with Crippen LogP contribution in [0.5, 0.6) is 0 Å². The number of hydrogen-bond donors (Lipinski definition) is 2. The minimum absolute atomic E-state index is 0.0762. The molecule has 2 aromatic rings. The molecular weight excluding hydrogens is 266 g/mol. The molecule has 2 rings (SSSR count). The number of benzene rings is 2. The van der Waals surface area contributed by atoms with Gasteiger partial charge in [0.15, 0.2) is 0 Å². The summed E-state index contributed by atoms with van der Waals surface area (Å²) in [4.78, 5) is 10.6. The van der Waals surface area contributed by atoms with Crippen molar-refractivity contribution in [3.63, 3.8) is 0 Å². The Hall–Kier alpha value is -2.56. The van der Waals surface area contributed by atoms with E-state index in [4.69, 9.17) is 0 Å². The van der Waals surface area contributed by atoms with Crippen molar-refractivity contribution in [2.45, 2.75) is 19.4 Å². The summed E-state index contributed by atoms with van der Waals surface area (Å²) in [5, 5.41) is 17.3. The first-order chi connectivity index (χ1) is 10.1. The first kappa shape index (κ1) is 14.8. The molecule has 0 aliphatic rings. The molecule has 0 bridgehead atoms. The van der Waals surface area contributed by atoms with Crippen LogP contribution >= 0.6 is 0 Å². The topological polar surface area (TPSA) is 67.2 Å². The predicted octanol–water partition coefficient (Wildman–Crippen LogP) is 4.20. The van der Waals surface area contributed by atoms with Crippen LogP contribution in [0, 0.1) is 10.1 Å². The van der Waals surface area contributed by atoms with E-state index >= 15 is 0 Å². The lowest BCUT2D eigenvalue weighted by Crippen LogP contribution is -2.10. The summed E-state index contributed by atoms with van der Waals surface area (Å²) in [7, 11) is 1.75. The van der Waals surface area contributed by atoms with Crippen molar-refractivity contribution in [3.8, 4) is 0 Å². The van der Waals surface area contributed by atoms with E-state index < -0.39 is 0 Å². The highest BCUT2D eigenvalue weighted by molar-refractivity contribution is 5.63. The van der Waals surface area contributed by atoms with Crippen LogP contribution in [-0.2, 0) is 0 Å². The lowest BCUT2D eigenvalue weighted by atomic mass is 10.0. The average molecular weight is 285 g/mol. The van der Waals surface area contributed by atoms with Gasteiger partial charge in [-0.1, -0.05) is 37.3 Å². The number of rotatable bonds is 6. The van der Waals surface area contributed by atoms with Gasteiger partial charge in [0.2, 0.25) is 0 Å². The van der Waals surface area contributed by atoms with Gasteiger partial charge in [-0.15, -0.1) is 0 Å². The lowest BCUT2D eigenvalue weighted by Gasteiger charge is -2.19. The summed E-state index contributed by atoms with van der Waals surface area (Å²) < 4.78 is 0. The number of nitro benzene ring substituents is 1. The first-order valence-electron chi connectivity index (χ1n) is 6.92. The van der Waals surface area contributed by atoms with Crippen molar-refractivity contribution in [3.05, 3.63) is 64.2 Å². The molecule has 0 amide bonds. The van der Waals surface area contributed by atoms with Crippen molar-refractivity contribution < 1.29 is 4.92 Å². The Morgan fingerprint density at radius 3 is 2.38 bits per heavy atom. The number of hydrogen-bond acceptors (Lipinski definition) is 4. The molecule has 110 valence electrons. The molecule has 21 heavy (non-hydrogen) atoms. The van der Waals surface area contributed by atoms with Crippen molar-refractivity contribution >= 4 is 17.1 Å². The largest absolute Gasteiger partial charge is 0.388 e. The summed E-state index contributed by atoms with van der Waals surface area (Å²) in [5.74, 6) is 0. The number of nitrogens with zero attached hydrogens (tertiary/aromatic N) is 1. The fraction of sp³-hybridized carbons (Fsp3) is 0.250. The summed E-state index contributed by atoms with van der Waals surface area (Å²) >= 11 is 0. The normalized spacial score (nSPS) is 11.7. The van der Waals surface area contributed by atoms with Crippen LogP contribution in [0.25, 0.3) is 0 Å². The Labute approximate surface area is 124 Å². The molecule has 2 N–H and O–H groups in total. The number of nitro groups is 1. The van der Waals surface area contributed by atoms with E-state index in [0.717, 1.165) is 23.4 Å². The van der Waals surface area contributed by atoms with Gasteiger partial charge >= 0.3 is 0 Å². The molecule has 5 nitrogen and oxygen atoms in total. The molecule has 2 aromatic carbocycles. The minimum atomic E-state index is -0.379. The number of anilines is 2. The third kappa shape index (κ3) is 3.72. The fourth-order valence-electron chi connectivity index (χ4n) is 2.25. The monoisotopic (exact) mass is 285 g/mol. The van der Waals surface area contributed by atoms with Gasteiger partial charge in [0.05, 0.1) is 11.0 Å². The zero-order valence-corrected chi connectivity index (χ0v) is 12.2. The highest BCUT2D eigenvalue weighted by Gasteiger charge is 2.13. The van der Waals surface area contributed by atoms with Crippen LogP contribution in [0.4, 0.5) is 17.1 Å². The van der Waals surface area contributed by atoms with E-state index in [2.05, 4.69) is 29.7 Å². The molecule has 0 heterocycles. The number of non-ortho nitro benzene ring substituents is 1. The summed E-state index contributed by atoms with van der Waals surface area (Å²) in [6.07, 6.45) is 0.890. The van der Waals surface area contributed by atoms with Crippen LogP contribution in [0.2, 0.25) is 0 Å². The second-order valence-corrected chi connectivity index (χ2v) is 4.79. The quantitative estimate of drug-likeness (QED) is 0.616. The molecule has 1 atom stereocenters. The molecule has 0 fully saturated rings. The van der Waals surface area contributed by atoms with Gasteiger partial charge in [0.25, 0.3) is 5.69 Å². The van der Waals surface area contributed by atoms with E-state index in [9.17, 15) is 10.1 Å². The van der Waals surface area contributed by atoms with Crippen LogP contribution in [0.15, 0.2) is 48.5 Å². The maximum atomic E-state index is 11.0. The molecule has 0 aliphatic heterocycles. The Bertz CT molecular complexity index is 614. The molecule has 0 aromatic heterocycles. The van der Waals surface area contributed by atoms with E-state index in [1.165, 1.54) is 6.07 Å². The molecule has 0 aliphatic carbocycles. The number of nitrogens with one attached hydrogen (secondary N) is 2. The van der Waals surface area contributed by atoms with Crippen LogP contribution in [0.3, 0.4) is 0 Å². The lowest BCUT2D eigenvalue weighted by molar-refractivity contribution is -0.384. The highest BCUT2D eigenvalue weighted by Crippen LogP contribution is 2.28. The summed E-state index contributed by atoms with van der Waals surface area (Å²) in [6, 6.07) is 15.1. The summed E-state index contributed by atoms with van der Waals surface area (Å²) in [5.41, 5.74) is 2.70. The van der Waals surface area contributed by atoms with Gasteiger partial charge < -0.3 is 10.6 Å². The standard InChI is InChI=1S/C16H19N3O2/c1-3-16(12-7-5-4-6-8-12)18-14-9-13(17-2)10-15(11-14)19(20)21/h4-11,16-18H,3H2,1-2H3. The van der Waals surface area contributed by atoms with Gasteiger partial charge in [-0.2, -0.15) is 0 Å². The van der Waals surface area contributed by atoms with E-state index in [-0.39, 0.29) is 16.7 Å². The Morgan fingerprint density at radius 2 is 1.81 bits per heavy atom. The van der Waals surface area contributed by atoms with Crippen molar-refractivity contribution in [1.29, 1.82) is 0 Å². The van der Waals surface area contributed by atoms with E-state index in [1.807, 2.05) is 24.3 Å². The third-order valence-electron chi connectivity index (χ3n) is 3.37. The Kier molecular flexibility index (Phi) is 4.77. The van der Waals surface area contributed by atoms with Crippen molar-refractivity contribution in [2.24, 2.45) is 0 Å². The molecule has 0 saturated heterocycles. The molecule has 0 spiro atoms. The maximum Gasteiger partial charge on any atom is 0.273 e. The molecule has 0 radical (unpaired) electrons. The third-order valence-corrected chi connectivity index (χ3v) is 3.37. The van der Waals surface area contributed by atoms with Crippen LogP contribution in [0.1, 0.15) is 24.9 Å². The summed E-state index contributed by atoms with van der Waals surface area (Å²) in [6.45, 7) is 2.08. The zero-order valence-electron chi connectivity index (χ0n) is 12.2. The van der Waals surface area contributed by atoms with Crippen molar-refractivity contribution in [1.82, 2.24) is 0 Å². The zero-order chi connectivity index (χ0) is 15.2. The van der Waals surface area contributed by atoms with E-state index in [0.29, 0.717) is 0 Å². The minimum Gasteiger partial charge on any atom is -0.388 e. The smallest absolute Gasteiger partial charge is 0.273 e. The second-order valence-electron chi connectivity index (χ2n) is 4.79. The second kappa shape index (κ2) is 6.74. The molecule has 5 heteroatoms. The molecular formula is C16H19N3O2. The van der Waals surface area contributed by atoms with Gasteiger partial charge in [-0.3, -0.25) is 10.1 Å². The van der Waals surface area contributed by atoms with E-state index in [1.54, 1.807) is 13.1 Å². The highest BCUT2D eigenvalue weighted by atomic mass is 16.6. The molecule has 1 unspecified atom stereocenters. The molecule has 0 saturated carbocycles. The van der Waals surface area contributed by atoms with Gasteiger partial charge in [0.1, 0.15) is 0 Å². The van der Waals surface area contributed by atoms with Gasteiger partial charge in [-0.05, 0) is 18.1 Å². The Morgan fingerprint density at radius 1 is 1.14 bits per heavy atom. The predicted molar refractivity (Wildman–Crippen MR) is 85.7 cm³/mol. The van der Waals surface area contributed by atoms with Gasteiger partial charge in [0, 0.05) is 30.6 Å².